The molecule has 1 aliphatic rings. The van der Waals surface area contributed by atoms with Crippen molar-refractivity contribution in [3.63, 3.8) is 0 Å². The summed E-state index contributed by atoms with van der Waals surface area (Å²) in [5.41, 5.74) is -0.367. The summed E-state index contributed by atoms with van der Waals surface area (Å²) in [6, 6.07) is 0. The van der Waals surface area contributed by atoms with Crippen molar-refractivity contribution in [2.24, 2.45) is 5.41 Å². The first-order valence-electron chi connectivity index (χ1n) is 5.09. The van der Waals surface area contributed by atoms with E-state index in [1.807, 2.05) is 20.8 Å². The van der Waals surface area contributed by atoms with Gasteiger partial charge in [0.1, 0.15) is 24.4 Å². The summed E-state index contributed by atoms with van der Waals surface area (Å²) in [6.07, 6.45) is -5.10. The summed E-state index contributed by atoms with van der Waals surface area (Å²) in [4.78, 5) is 0. The Kier molecular flexibility index (Phi) is 3.73. The average Bonchev–Trinajstić information content (AvgIpc) is 2.13. The van der Waals surface area contributed by atoms with Crippen LogP contribution >= 0.6 is 0 Å². The second kappa shape index (κ2) is 4.35. The van der Waals surface area contributed by atoms with Crippen LogP contribution in [0, 0.1) is 5.41 Å². The minimum atomic E-state index is -1.28. The Morgan fingerprint density at radius 1 is 1.00 bits per heavy atom. The lowest BCUT2D eigenvalue weighted by molar-refractivity contribution is -0.250. The van der Waals surface area contributed by atoms with Crippen molar-refractivity contribution in [2.75, 3.05) is 6.61 Å². The quantitative estimate of drug-likeness (QED) is 0.449. The number of hydrogen-bond acceptors (Lipinski definition) is 5. The number of aliphatic hydroxyl groups is 4. The summed E-state index contributed by atoms with van der Waals surface area (Å²) >= 11 is 0. The first-order chi connectivity index (χ1) is 6.79. The van der Waals surface area contributed by atoms with E-state index in [9.17, 15) is 15.3 Å². The second-order valence-corrected chi connectivity index (χ2v) is 5.12. The van der Waals surface area contributed by atoms with Gasteiger partial charge in [0, 0.05) is 0 Å². The fourth-order valence-electron chi connectivity index (χ4n) is 1.82. The normalized spacial score (nSPS) is 43.0. The average molecular weight is 220 g/mol. The minimum Gasteiger partial charge on any atom is -0.394 e. The Bertz CT molecular complexity index is 210. The van der Waals surface area contributed by atoms with Crippen LogP contribution in [0.2, 0.25) is 0 Å². The van der Waals surface area contributed by atoms with Gasteiger partial charge in [-0.15, -0.1) is 0 Å². The van der Waals surface area contributed by atoms with Crippen molar-refractivity contribution in [3.05, 3.63) is 0 Å². The monoisotopic (exact) mass is 220 g/mol. The van der Waals surface area contributed by atoms with Crippen LogP contribution in [0.1, 0.15) is 20.8 Å². The van der Waals surface area contributed by atoms with Gasteiger partial charge in [-0.05, 0) is 5.41 Å². The molecule has 0 bridgehead atoms. The summed E-state index contributed by atoms with van der Waals surface area (Å²) in [5, 5.41) is 37.8. The van der Waals surface area contributed by atoms with E-state index in [0.717, 1.165) is 0 Å². The van der Waals surface area contributed by atoms with E-state index in [2.05, 4.69) is 0 Å². The molecule has 5 nitrogen and oxygen atoms in total. The predicted octanol–water partition coefficient (Wildman–Crippen LogP) is -1.13. The van der Waals surface area contributed by atoms with Gasteiger partial charge in [-0.2, -0.15) is 0 Å². The Labute approximate surface area is 89.3 Å². The third kappa shape index (κ3) is 2.49. The highest BCUT2D eigenvalue weighted by Crippen LogP contribution is 2.32. The molecule has 1 saturated heterocycles. The maximum atomic E-state index is 9.74. The van der Waals surface area contributed by atoms with Gasteiger partial charge in [-0.25, -0.2) is 0 Å². The lowest BCUT2D eigenvalue weighted by atomic mass is 9.80. The molecule has 5 heteroatoms. The number of aliphatic hydroxyl groups excluding tert-OH is 4. The molecule has 1 fully saturated rings. The fraction of sp³-hybridized carbons (Fsp3) is 1.00. The maximum Gasteiger partial charge on any atom is 0.111 e. The van der Waals surface area contributed by atoms with Crippen LogP contribution in [0.5, 0.6) is 0 Å². The molecule has 0 radical (unpaired) electrons. The maximum absolute atomic E-state index is 9.74. The molecule has 0 saturated carbocycles. The molecular weight excluding hydrogens is 200 g/mol. The third-order valence-electron chi connectivity index (χ3n) is 2.75. The zero-order valence-corrected chi connectivity index (χ0v) is 9.29. The smallest absolute Gasteiger partial charge is 0.111 e. The standard InChI is InChI=1S/C10H20O5/c1-10(2,3)9-8(14)7(13)6(12)5(4-11)15-9/h5-9,11-14H,4H2,1-3H3/t5?,6-,7?,8+,9+/m0/s1. The molecule has 4 N–H and O–H groups in total. The Morgan fingerprint density at radius 2 is 1.53 bits per heavy atom. The lowest BCUT2D eigenvalue weighted by Crippen LogP contribution is -2.61. The molecule has 15 heavy (non-hydrogen) atoms. The number of hydrogen-bond donors (Lipinski definition) is 4. The fourth-order valence-corrected chi connectivity index (χ4v) is 1.82. The number of ether oxygens (including phenoxy) is 1. The molecule has 0 aromatic carbocycles. The van der Waals surface area contributed by atoms with Gasteiger partial charge in [0.25, 0.3) is 0 Å². The van der Waals surface area contributed by atoms with E-state index in [4.69, 9.17) is 9.84 Å². The van der Waals surface area contributed by atoms with Crippen LogP contribution in [0.3, 0.4) is 0 Å². The molecular formula is C10H20O5. The first-order valence-corrected chi connectivity index (χ1v) is 5.09. The van der Waals surface area contributed by atoms with E-state index in [1.165, 1.54) is 0 Å². The summed E-state index contributed by atoms with van der Waals surface area (Å²) in [7, 11) is 0. The molecule has 1 aliphatic heterocycles. The molecule has 0 aliphatic carbocycles. The Hall–Kier alpha value is -0.200. The molecule has 5 atom stereocenters. The minimum absolute atomic E-state index is 0.367. The van der Waals surface area contributed by atoms with Gasteiger partial charge in [0.15, 0.2) is 0 Å². The SMILES string of the molecule is CC(C)(C)[C@@H]1OC(CO)[C@H](O)C(O)[C@H]1O. The largest absolute Gasteiger partial charge is 0.394 e. The van der Waals surface area contributed by atoms with Crippen LogP contribution in [-0.4, -0.2) is 57.6 Å². The van der Waals surface area contributed by atoms with Gasteiger partial charge in [-0.3, -0.25) is 0 Å². The lowest BCUT2D eigenvalue weighted by Gasteiger charge is -2.45. The zero-order chi connectivity index (χ0) is 11.8. The van der Waals surface area contributed by atoms with Crippen LogP contribution in [0.4, 0.5) is 0 Å². The van der Waals surface area contributed by atoms with Crippen molar-refractivity contribution in [1.82, 2.24) is 0 Å². The summed E-state index contributed by atoms with van der Waals surface area (Å²) < 4.78 is 5.38. The van der Waals surface area contributed by atoms with E-state index < -0.39 is 30.5 Å². The highest BCUT2D eigenvalue weighted by molar-refractivity contribution is 4.96. The molecule has 0 amide bonds. The van der Waals surface area contributed by atoms with Crippen LogP contribution in [0.15, 0.2) is 0 Å². The van der Waals surface area contributed by atoms with E-state index >= 15 is 0 Å². The van der Waals surface area contributed by atoms with Gasteiger partial charge >= 0.3 is 0 Å². The zero-order valence-electron chi connectivity index (χ0n) is 9.29. The Morgan fingerprint density at radius 3 is 1.93 bits per heavy atom. The van der Waals surface area contributed by atoms with E-state index in [-0.39, 0.29) is 12.0 Å². The third-order valence-corrected chi connectivity index (χ3v) is 2.75. The molecule has 1 rings (SSSR count). The van der Waals surface area contributed by atoms with Crippen LogP contribution < -0.4 is 0 Å². The topological polar surface area (TPSA) is 90.2 Å². The molecule has 90 valence electrons. The van der Waals surface area contributed by atoms with Crippen molar-refractivity contribution < 1.29 is 25.2 Å². The predicted molar refractivity (Wildman–Crippen MR) is 53.2 cm³/mol. The summed E-state index contributed by atoms with van der Waals surface area (Å²) in [5.74, 6) is 0. The summed E-state index contributed by atoms with van der Waals surface area (Å²) in [6.45, 7) is 5.21. The van der Waals surface area contributed by atoms with E-state index in [0.29, 0.717) is 0 Å². The van der Waals surface area contributed by atoms with Crippen molar-refractivity contribution in [1.29, 1.82) is 0 Å². The van der Waals surface area contributed by atoms with Crippen LogP contribution in [0.25, 0.3) is 0 Å². The second-order valence-electron chi connectivity index (χ2n) is 5.12. The van der Waals surface area contributed by atoms with Gasteiger partial charge in [0.2, 0.25) is 0 Å². The molecule has 0 aromatic rings. The van der Waals surface area contributed by atoms with Crippen molar-refractivity contribution in [3.8, 4) is 0 Å². The van der Waals surface area contributed by atoms with E-state index in [1.54, 1.807) is 0 Å². The number of rotatable bonds is 1. The van der Waals surface area contributed by atoms with Crippen molar-refractivity contribution in [2.45, 2.75) is 51.3 Å². The van der Waals surface area contributed by atoms with Crippen LogP contribution in [-0.2, 0) is 4.74 Å². The molecule has 0 spiro atoms. The highest BCUT2D eigenvalue weighted by atomic mass is 16.5. The highest BCUT2D eigenvalue weighted by Gasteiger charge is 2.47. The molecule has 2 unspecified atom stereocenters. The first kappa shape index (κ1) is 12.9. The van der Waals surface area contributed by atoms with Gasteiger partial charge in [-0.1, -0.05) is 20.8 Å². The molecule has 1 heterocycles. The van der Waals surface area contributed by atoms with Gasteiger partial charge in [0.05, 0.1) is 12.7 Å². The van der Waals surface area contributed by atoms with Crippen molar-refractivity contribution >= 4 is 0 Å². The Balaban J connectivity index is 2.83. The van der Waals surface area contributed by atoms with Gasteiger partial charge < -0.3 is 25.2 Å². The molecule has 0 aromatic heterocycles.